The number of benzene rings is 2. The Hall–Kier alpha value is -1.76. The van der Waals surface area contributed by atoms with Crippen molar-refractivity contribution in [2.24, 2.45) is 0 Å². The maximum atomic E-state index is 5.96. The van der Waals surface area contributed by atoms with Gasteiger partial charge in [-0.25, -0.2) is 0 Å². The summed E-state index contributed by atoms with van der Waals surface area (Å²) in [6.45, 7) is 2.12. The zero-order valence-electron chi connectivity index (χ0n) is 9.16. The minimum absolute atomic E-state index is 0.213. The molecule has 0 N–H and O–H groups in total. The van der Waals surface area contributed by atoms with Crippen LogP contribution in [0.1, 0.15) is 33.9 Å². The third-order valence-electron chi connectivity index (χ3n) is 3.41. The Bertz CT molecular complexity index is 598. The summed E-state index contributed by atoms with van der Waals surface area (Å²) in [6.07, 6.45) is 1.37. The van der Waals surface area contributed by atoms with Gasteiger partial charge in [0.1, 0.15) is 11.9 Å². The van der Waals surface area contributed by atoms with Crippen LogP contribution >= 0.6 is 0 Å². The number of hydrogen-bond acceptors (Lipinski definition) is 1. The molecule has 16 heavy (non-hydrogen) atoms. The minimum Gasteiger partial charge on any atom is -0.481 e. The van der Waals surface area contributed by atoms with Gasteiger partial charge >= 0.3 is 0 Å². The van der Waals surface area contributed by atoms with E-state index in [0.717, 1.165) is 12.2 Å². The van der Waals surface area contributed by atoms with Gasteiger partial charge in [0.2, 0.25) is 0 Å². The van der Waals surface area contributed by atoms with E-state index >= 15 is 0 Å². The summed E-state index contributed by atoms with van der Waals surface area (Å²) >= 11 is 0. The predicted molar refractivity (Wildman–Crippen MR) is 62.9 cm³/mol. The number of fused-ring (bicyclic) bond motifs is 2. The molecule has 1 atom stereocenters. The number of hydrogen-bond donors (Lipinski definition) is 0. The fourth-order valence-corrected chi connectivity index (χ4v) is 2.30. The quantitative estimate of drug-likeness (QED) is 0.627. The molecule has 0 spiro atoms. The van der Waals surface area contributed by atoms with Crippen LogP contribution in [0.3, 0.4) is 0 Å². The second-order valence-electron chi connectivity index (χ2n) is 4.74. The summed E-state index contributed by atoms with van der Waals surface area (Å²) in [7, 11) is 0. The Morgan fingerprint density at radius 1 is 1.00 bits per heavy atom. The van der Waals surface area contributed by atoms with Crippen molar-refractivity contribution in [2.75, 3.05) is 0 Å². The molecular formula is C15H12O. The van der Waals surface area contributed by atoms with Crippen molar-refractivity contribution in [1.29, 1.82) is 0 Å². The van der Waals surface area contributed by atoms with Gasteiger partial charge in [-0.15, -0.1) is 0 Å². The van der Waals surface area contributed by atoms with Crippen molar-refractivity contribution in [3.63, 3.8) is 0 Å². The van der Waals surface area contributed by atoms with Gasteiger partial charge in [0, 0.05) is 11.1 Å². The van der Waals surface area contributed by atoms with Gasteiger partial charge in [-0.2, -0.15) is 0 Å². The van der Waals surface area contributed by atoms with Gasteiger partial charge in [0.25, 0.3) is 0 Å². The van der Waals surface area contributed by atoms with Crippen LogP contribution in [0.15, 0.2) is 36.4 Å². The molecule has 0 aromatic heterocycles. The van der Waals surface area contributed by atoms with Gasteiger partial charge in [-0.05, 0) is 36.6 Å². The van der Waals surface area contributed by atoms with E-state index in [1.807, 2.05) is 0 Å². The fraction of sp³-hybridized carbons (Fsp3) is 0.200. The topological polar surface area (TPSA) is 9.23 Å². The van der Waals surface area contributed by atoms with E-state index in [9.17, 15) is 0 Å². The molecule has 0 radical (unpaired) electrons. The van der Waals surface area contributed by atoms with Crippen LogP contribution < -0.4 is 4.74 Å². The van der Waals surface area contributed by atoms with Gasteiger partial charge in [-0.1, -0.05) is 29.8 Å². The Morgan fingerprint density at radius 2 is 1.94 bits per heavy atom. The van der Waals surface area contributed by atoms with Crippen molar-refractivity contribution in [3.05, 3.63) is 64.2 Å². The molecule has 2 aromatic rings. The number of ether oxygens (including phenoxy) is 1. The van der Waals surface area contributed by atoms with Crippen molar-refractivity contribution >= 4 is 0 Å². The number of rotatable bonds is 2. The van der Waals surface area contributed by atoms with E-state index in [0.29, 0.717) is 0 Å². The van der Waals surface area contributed by atoms with Crippen LogP contribution in [-0.2, 0) is 6.42 Å². The second-order valence-corrected chi connectivity index (χ2v) is 4.74. The van der Waals surface area contributed by atoms with Gasteiger partial charge in [-0.3, -0.25) is 0 Å². The van der Waals surface area contributed by atoms with E-state index in [4.69, 9.17) is 4.74 Å². The highest BCUT2D eigenvalue weighted by molar-refractivity contribution is 5.54. The van der Waals surface area contributed by atoms with Crippen LogP contribution in [0.2, 0.25) is 0 Å². The zero-order chi connectivity index (χ0) is 10.7. The first-order valence-electron chi connectivity index (χ1n) is 5.70. The first-order chi connectivity index (χ1) is 7.81. The SMILES string of the molecule is Cc1ccc2c(c1)C2Oc1ccc2c(c1)C2. The Balaban J connectivity index is 1.59. The van der Waals surface area contributed by atoms with Crippen LogP contribution in [0.5, 0.6) is 5.75 Å². The monoisotopic (exact) mass is 208 g/mol. The summed E-state index contributed by atoms with van der Waals surface area (Å²) in [6, 6.07) is 13.0. The lowest BCUT2D eigenvalue weighted by molar-refractivity contribution is 0.292. The van der Waals surface area contributed by atoms with Crippen LogP contribution in [0.25, 0.3) is 0 Å². The molecule has 0 heterocycles. The molecule has 78 valence electrons. The maximum absolute atomic E-state index is 5.96. The summed E-state index contributed by atoms with van der Waals surface area (Å²) in [5, 5.41) is 0. The molecule has 2 aromatic carbocycles. The smallest absolute Gasteiger partial charge is 0.150 e. The molecule has 0 fully saturated rings. The van der Waals surface area contributed by atoms with Gasteiger partial charge in [0.15, 0.2) is 0 Å². The van der Waals surface area contributed by atoms with Gasteiger partial charge < -0.3 is 4.74 Å². The van der Waals surface area contributed by atoms with E-state index in [2.05, 4.69) is 43.3 Å². The molecule has 0 saturated heterocycles. The molecule has 2 aliphatic rings. The number of aryl methyl sites for hydroxylation is 1. The molecule has 2 aliphatic carbocycles. The lowest BCUT2D eigenvalue weighted by Crippen LogP contribution is -1.89. The van der Waals surface area contributed by atoms with Crippen molar-refractivity contribution < 1.29 is 4.74 Å². The summed E-state index contributed by atoms with van der Waals surface area (Å²) in [5.41, 5.74) is 6.92. The van der Waals surface area contributed by atoms with E-state index in [-0.39, 0.29) is 6.10 Å². The standard InChI is InChI=1S/C15H12O/c1-9-2-5-13-14(6-9)15(13)16-12-4-3-10-7-11(10)8-12/h2-6,8,15H,7H2,1H3. The van der Waals surface area contributed by atoms with E-state index in [1.165, 1.54) is 27.8 Å². The third kappa shape index (κ3) is 1.18. The molecule has 0 saturated carbocycles. The highest BCUT2D eigenvalue weighted by Gasteiger charge is 2.34. The largest absolute Gasteiger partial charge is 0.481 e. The molecule has 1 nitrogen and oxygen atoms in total. The molecular weight excluding hydrogens is 196 g/mol. The first-order valence-corrected chi connectivity index (χ1v) is 5.70. The normalized spacial score (nSPS) is 18.7. The van der Waals surface area contributed by atoms with Crippen molar-refractivity contribution in [1.82, 2.24) is 0 Å². The Labute approximate surface area is 94.7 Å². The first kappa shape index (κ1) is 8.40. The minimum atomic E-state index is 0.213. The summed E-state index contributed by atoms with van der Waals surface area (Å²) in [5.74, 6) is 1.01. The maximum Gasteiger partial charge on any atom is 0.150 e. The van der Waals surface area contributed by atoms with Crippen LogP contribution in [-0.4, -0.2) is 0 Å². The van der Waals surface area contributed by atoms with E-state index < -0.39 is 0 Å². The Kier molecular flexibility index (Phi) is 1.40. The molecule has 0 bridgehead atoms. The molecule has 1 unspecified atom stereocenters. The van der Waals surface area contributed by atoms with Crippen molar-refractivity contribution in [3.8, 4) is 5.75 Å². The fourth-order valence-electron chi connectivity index (χ4n) is 2.30. The second kappa shape index (κ2) is 2.67. The van der Waals surface area contributed by atoms with Gasteiger partial charge in [0.05, 0.1) is 0 Å². The highest BCUT2D eigenvalue weighted by atomic mass is 16.5. The third-order valence-corrected chi connectivity index (χ3v) is 3.41. The molecule has 0 aliphatic heterocycles. The predicted octanol–water partition coefficient (Wildman–Crippen LogP) is 3.38. The summed E-state index contributed by atoms with van der Waals surface area (Å²) in [4.78, 5) is 0. The van der Waals surface area contributed by atoms with Crippen LogP contribution in [0.4, 0.5) is 0 Å². The van der Waals surface area contributed by atoms with E-state index in [1.54, 1.807) is 0 Å². The lowest BCUT2D eigenvalue weighted by atomic mass is 10.2. The summed E-state index contributed by atoms with van der Waals surface area (Å²) < 4.78 is 5.96. The molecule has 0 amide bonds. The van der Waals surface area contributed by atoms with Crippen molar-refractivity contribution in [2.45, 2.75) is 19.4 Å². The average Bonchev–Trinajstić information content (AvgIpc) is 3.15. The Morgan fingerprint density at radius 3 is 2.75 bits per heavy atom. The van der Waals surface area contributed by atoms with Crippen LogP contribution in [0, 0.1) is 6.92 Å². The zero-order valence-corrected chi connectivity index (χ0v) is 9.16. The molecule has 4 rings (SSSR count). The highest BCUT2D eigenvalue weighted by Crippen LogP contribution is 2.45. The average molecular weight is 208 g/mol. The molecule has 1 heteroatoms. The lowest BCUT2D eigenvalue weighted by Gasteiger charge is -2.02.